The highest BCUT2D eigenvalue weighted by Crippen LogP contribution is 2.27. The lowest BCUT2D eigenvalue weighted by Gasteiger charge is -2.17. The molecule has 0 bridgehead atoms. The number of rotatable bonds is 7. The van der Waals surface area contributed by atoms with Gasteiger partial charge in [-0.05, 0) is 68.2 Å². The Morgan fingerprint density at radius 1 is 0.917 bits per heavy atom. The average molecular weight is 322 g/mol. The Balaban J connectivity index is 2.48. The van der Waals surface area contributed by atoms with Crippen molar-refractivity contribution in [1.82, 2.24) is 9.80 Å². The van der Waals surface area contributed by atoms with Crippen LogP contribution in [0.4, 0.5) is 0 Å². The van der Waals surface area contributed by atoms with Crippen molar-refractivity contribution < 1.29 is 4.79 Å². The lowest BCUT2D eigenvalue weighted by molar-refractivity contribution is -0.104. The van der Waals surface area contributed by atoms with E-state index in [-0.39, 0.29) is 0 Å². The summed E-state index contributed by atoms with van der Waals surface area (Å²) in [5.41, 5.74) is 5.61. The van der Waals surface area contributed by atoms with Crippen LogP contribution in [-0.2, 0) is 17.9 Å². The van der Waals surface area contributed by atoms with E-state index in [4.69, 9.17) is 0 Å². The van der Waals surface area contributed by atoms with Crippen LogP contribution in [-0.4, -0.2) is 44.3 Å². The van der Waals surface area contributed by atoms with Gasteiger partial charge in [0.25, 0.3) is 0 Å². The summed E-state index contributed by atoms with van der Waals surface area (Å²) in [5.74, 6) is 0. The van der Waals surface area contributed by atoms with Gasteiger partial charge < -0.3 is 9.80 Å². The minimum atomic E-state index is 0.837. The van der Waals surface area contributed by atoms with Crippen molar-refractivity contribution in [2.75, 3.05) is 28.2 Å². The second kappa shape index (κ2) is 8.57. The van der Waals surface area contributed by atoms with Crippen molar-refractivity contribution in [3.05, 3.63) is 76.9 Å². The SMILES string of the molecule is CN(C)Cc1cccc(C(=CC=O)c2ccccc2CN(C)C)c1. The lowest BCUT2D eigenvalue weighted by atomic mass is 9.92. The van der Waals surface area contributed by atoms with Crippen molar-refractivity contribution in [3.63, 3.8) is 0 Å². The minimum Gasteiger partial charge on any atom is -0.305 e. The highest BCUT2D eigenvalue weighted by molar-refractivity contribution is 5.90. The summed E-state index contributed by atoms with van der Waals surface area (Å²) in [6.45, 7) is 1.71. The minimum absolute atomic E-state index is 0.837. The van der Waals surface area contributed by atoms with Crippen molar-refractivity contribution >= 4 is 11.9 Å². The number of carbonyl (C=O) groups is 1. The van der Waals surface area contributed by atoms with E-state index >= 15 is 0 Å². The van der Waals surface area contributed by atoms with E-state index in [1.165, 1.54) is 11.1 Å². The van der Waals surface area contributed by atoms with Gasteiger partial charge in [-0.3, -0.25) is 4.79 Å². The molecule has 0 aliphatic carbocycles. The Bertz CT molecular complexity index is 717. The molecule has 0 heterocycles. The number of hydrogen-bond acceptors (Lipinski definition) is 3. The molecule has 0 aromatic heterocycles. The van der Waals surface area contributed by atoms with E-state index in [2.05, 4.69) is 74.4 Å². The molecule has 0 spiro atoms. The van der Waals surface area contributed by atoms with Gasteiger partial charge in [0.1, 0.15) is 6.29 Å². The number of hydrogen-bond donors (Lipinski definition) is 0. The molecule has 0 amide bonds. The predicted molar refractivity (Wildman–Crippen MR) is 101 cm³/mol. The van der Waals surface area contributed by atoms with E-state index in [0.29, 0.717) is 0 Å². The largest absolute Gasteiger partial charge is 0.305 e. The van der Waals surface area contributed by atoms with Crippen LogP contribution < -0.4 is 0 Å². The lowest BCUT2D eigenvalue weighted by Crippen LogP contribution is -2.12. The van der Waals surface area contributed by atoms with E-state index in [9.17, 15) is 4.79 Å². The van der Waals surface area contributed by atoms with Crippen LogP contribution in [0.1, 0.15) is 22.3 Å². The van der Waals surface area contributed by atoms with Crippen molar-refractivity contribution in [3.8, 4) is 0 Å². The molecular weight excluding hydrogens is 296 g/mol. The van der Waals surface area contributed by atoms with Crippen LogP contribution in [0.2, 0.25) is 0 Å². The molecule has 24 heavy (non-hydrogen) atoms. The summed E-state index contributed by atoms with van der Waals surface area (Å²) < 4.78 is 0. The molecule has 126 valence electrons. The second-order valence-electron chi connectivity index (χ2n) is 6.55. The Labute approximate surface area is 145 Å². The molecule has 0 fully saturated rings. The molecule has 2 rings (SSSR count). The Hall–Kier alpha value is -2.23. The van der Waals surface area contributed by atoms with Crippen LogP contribution in [0.3, 0.4) is 0 Å². The fourth-order valence-electron chi connectivity index (χ4n) is 2.87. The van der Waals surface area contributed by atoms with Gasteiger partial charge in [-0.25, -0.2) is 0 Å². The zero-order valence-electron chi connectivity index (χ0n) is 15.0. The van der Waals surface area contributed by atoms with Gasteiger partial charge in [0.2, 0.25) is 0 Å². The van der Waals surface area contributed by atoms with Crippen LogP contribution in [0.15, 0.2) is 54.6 Å². The van der Waals surface area contributed by atoms with Gasteiger partial charge >= 0.3 is 0 Å². The van der Waals surface area contributed by atoms with Crippen LogP contribution in [0.25, 0.3) is 5.57 Å². The van der Waals surface area contributed by atoms with E-state index in [0.717, 1.165) is 36.1 Å². The van der Waals surface area contributed by atoms with Gasteiger partial charge in [-0.2, -0.15) is 0 Å². The van der Waals surface area contributed by atoms with Crippen LogP contribution >= 0.6 is 0 Å². The van der Waals surface area contributed by atoms with E-state index < -0.39 is 0 Å². The third kappa shape index (κ3) is 4.88. The fraction of sp³-hybridized carbons (Fsp3) is 0.286. The van der Waals surface area contributed by atoms with Crippen molar-refractivity contribution in [1.29, 1.82) is 0 Å². The summed E-state index contributed by atoms with van der Waals surface area (Å²) in [5, 5.41) is 0. The number of aldehydes is 1. The van der Waals surface area contributed by atoms with Crippen LogP contribution in [0.5, 0.6) is 0 Å². The zero-order valence-corrected chi connectivity index (χ0v) is 15.0. The monoisotopic (exact) mass is 322 g/mol. The van der Waals surface area contributed by atoms with Crippen molar-refractivity contribution in [2.24, 2.45) is 0 Å². The topological polar surface area (TPSA) is 23.6 Å². The van der Waals surface area contributed by atoms with Crippen molar-refractivity contribution in [2.45, 2.75) is 13.1 Å². The second-order valence-corrected chi connectivity index (χ2v) is 6.55. The Morgan fingerprint density at radius 3 is 2.29 bits per heavy atom. The standard InChI is InChI=1S/C21H26N2O/c1-22(2)15-17-8-7-10-18(14-17)21(12-13-24)20-11-6-5-9-19(20)16-23(3)4/h5-14H,15-16H2,1-4H3. The number of allylic oxidation sites excluding steroid dienone is 1. The van der Waals surface area contributed by atoms with Gasteiger partial charge in [0.05, 0.1) is 0 Å². The molecule has 2 aromatic rings. The maximum atomic E-state index is 11.3. The predicted octanol–water partition coefficient (Wildman–Crippen LogP) is 3.44. The summed E-state index contributed by atoms with van der Waals surface area (Å²) in [6.07, 6.45) is 2.55. The molecule has 0 saturated heterocycles. The third-order valence-corrected chi connectivity index (χ3v) is 3.77. The fourth-order valence-corrected chi connectivity index (χ4v) is 2.87. The summed E-state index contributed by atoms with van der Waals surface area (Å²) in [4.78, 5) is 15.5. The molecule has 2 aromatic carbocycles. The molecule has 3 nitrogen and oxygen atoms in total. The first-order valence-electron chi connectivity index (χ1n) is 8.13. The first-order valence-corrected chi connectivity index (χ1v) is 8.13. The smallest absolute Gasteiger partial charge is 0.143 e. The van der Waals surface area contributed by atoms with Gasteiger partial charge in [0.15, 0.2) is 0 Å². The quantitative estimate of drug-likeness (QED) is 0.576. The third-order valence-electron chi connectivity index (χ3n) is 3.77. The number of carbonyl (C=O) groups excluding carboxylic acids is 1. The maximum Gasteiger partial charge on any atom is 0.143 e. The Morgan fingerprint density at radius 2 is 1.62 bits per heavy atom. The maximum absolute atomic E-state index is 11.3. The molecule has 0 saturated carbocycles. The molecule has 0 aliphatic heterocycles. The molecule has 0 unspecified atom stereocenters. The molecule has 0 aliphatic rings. The summed E-state index contributed by atoms with van der Waals surface area (Å²) in [6, 6.07) is 16.7. The molecule has 0 N–H and O–H groups in total. The summed E-state index contributed by atoms with van der Waals surface area (Å²) >= 11 is 0. The average Bonchev–Trinajstić information content (AvgIpc) is 2.52. The van der Waals surface area contributed by atoms with E-state index in [1.54, 1.807) is 6.08 Å². The normalized spacial score (nSPS) is 12.0. The number of nitrogens with zero attached hydrogens (tertiary/aromatic N) is 2. The molecule has 0 radical (unpaired) electrons. The first kappa shape index (κ1) is 18.1. The van der Waals surface area contributed by atoms with Crippen LogP contribution in [0, 0.1) is 0 Å². The highest BCUT2D eigenvalue weighted by Gasteiger charge is 2.11. The number of benzene rings is 2. The molecular formula is C21H26N2O. The Kier molecular flexibility index (Phi) is 6.47. The van der Waals surface area contributed by atoms with E-state index in [1.807, 2.05) is 12.1 Å². The zero-order chi connectivity index (χ0) is 17.5. The first-order chi connectivity index (χ1) is 11.5. The van der Waals surface area contributed by atoms with Gasteiger partial charge in [0, 0.05) is 13.1 Å². The highest BCUT2D eigenvalue weighted by atomic mass is 16.1. The van der Waals surface area contributed by atoms with Gasteiger partial charge in [-0.1, -0.05) is 42.5 Å². The summed E-state index contributed by atoms with van der Waals surface area (Å²) in [7, 11) is 8.22. The molecule has 3 heteroatoms. The van der Waals surface area contributed by atoms with Gasteiger partial charge in [-0.15, -0.1) is 0 Å². The molecule has 0 atom stereocenters.